The Bertz CT molecular complexity index is 910. The number of ether oxygens (including phenoxy) is 1. The molecule has 4 nitrogen and oxygen atoms in total. The van der Waals surface area contributed by atoms with Crippen LogP contribution >= 0.6 is 0 Å². The van der Waals surface area contributed by atoms with Crippen molar-refractivity contribution in [1.29, 1.82) is 0 Å². The van der Waals surface area contributed by atoms with E-state index in [-0.39, 0.29) is 19.0 Å². The number of alkyl halides is 6. The highest BCUT2D eigenvalue weighted by Gasteiger charge is 2.39. The number of amides is 1. The topological polar surface area (TPSA) is 46.6 Å². The molecule has 0 bridgehead atoms. The number of halogens is 6. The zero-order valence-corrected chi connectivity index (χ0v) is 15.9. The van der Waals surface area contributed by atoms with Crippen LogP contribution < -0.4 is 0 Å². The summed E-state index contributed by atoms with van der Waals surface area (Å²) < 4.78 is 83.8. The van der Waals surface area contributed by atoms with E-state index in [0.717, 1.165) is 5.56 Å². The van der Waals surface area contributed by atoms with E-state index in [9.17, 15) is 35.9 Å². The molecule has 0 aromatic heterocycles. The lowest BCUT2D eigenvalue weighted by molar-refractivity contribution is -0.143. The van der Waals surface area contributed by atoms with Crippen molar-refractivity contribution in [3.05, 3.63) is 70.8 Å². The van der Waals surface area contributed by atoms with Gasteiger partial charge in [-0.15, -0.1) is 0 Å². The van der Waals surface area contributed by atoms with Crippen LogP contribution in [0.25, 0.3) is 0 Å². The lowest BCUT2D eigenvalue weighted by Gasteiger charge is -2.25. The average Bonchev–Trinajstić information content (AvgIpc) is 3.04. The number of benzene rings is 2. The standard InChI is InChI=1S/C21H17F6NO3/c22-20(23,24)16-7-14(8-17(9-16)21(25,26)27)15(11-29)10-28-18(12-31-19(28)30)6-13-4-2-1-3-5-13/h1-5,7-9,11,15,18H,6,10,12H2/t15-,18+/m0/s1. The second-order valence-corrected chi connectivity index (χ2v) is 7.15. The largest absolute Gasteiger partial charge is 0.447 e. The van der Waals surface area contributed by atoms with Gasteiger partial charge >= 0.3 is 18.4 Å². The molecule has 0 unspecified atom stereocenters. The van der Waals surface area contributed by atoms with Crippen molar-refractivity contribution in [2.75, 3.05) is 13.2 Å². The molecule has 10 heteroatoms. The Balaban J connectivity index is 1.90. The van der Waals surface area contributed by atoms with E-state index in [2.05, 4.69) is 0 Å². The Morgan fingerprint density at radius 3 is 2.10 bits per heavy atom. The first kappa shape index (κ1) is 22.6. The van der Waals surface area contributed by atoms with Gasteiger partial charge < -0.3 is 14.4 Å². The molecular weight excluding hydrogens is 428 g/mol. The second kappa shape index (κ2) is 8.60. The van der Waals surface area contributed by atoms with Crippen molar-refractivity contribution in [3.8, 4) is 0 Å². The molecule has 31 heavy (non-hydrogen) atoms. The summed E-state index contributed by atoms with van der Waals surface area (Å²) in [6.07, 6.45) is -10.3. The van der Waals surface area contributed by atoms with Crippen molar-refractivity contribution in [2.45, 2.75) is 30.7 Å². The maximum atomic E-state index is 13.1. The first-order valence-corrected chi connectivity index (χ1v) is 9.21. The molecule has 2 aromatic carbocycles. The highest BCUT2D eigenvalue weighted by atomic mass is 19.4. The van der Waals surface area contributed by atoms with Gasteiger partial charge in [0.2, 0.25) is 0 Å². The molecule has 2 atom stereocenters. The van der Waals surface area contributed by atoms with Gasteiger partial charge in [0.25, 0.3) is 0 Å². The Hall–Kier alpha value is -3.04. The number of nitrogens with zero attached hydrogens (tertiary/aromatic N) is 1. The second-order valence-electron chi connectivity index (χ2n) is 7.15. The van der Waals surface area contributed by atoms with E-state index in [0.29, 0.717) is 18.6 Å². The van der Waals surface area contributed by atoms with Gasteiger partial charge in [0.05, 0.1) is 23.1 Å². The maximum absolute atomic E-state index is 13.1. The van der Waals surface area contributed by atoms with Crippen LogP contribution in [-0.2, 0) is 28.3 Å². The van der Waals surface area contributed by atoms with Gasteiger partial charge in [-0.2, -0.15) is 26.3 Å². The average molecular weight is 445 g/mol. The van der Waals surface area contributed by atoms with Gasteiger partial charge in [-0.1, -0.05) is 30.3 Å². The molecule has 3 rings (SSSR count). The molecule has 0 saturated carbocycles. The molecule has 166 valence electrons. The third kappa shape index (κ3) is 5.36. The fraction of sp³-hybridized carbons (Fsp3) is 0.333. The Labute approximate surface area is 173 Å². The molecule has 0 N–H and O–H groups in total. The number of hydrogen-bond acceptors (Lipinski definition) is 3. The van der Waals surface area contributed by atoms with Crippen molar-refractivity contribution in [2.24, 2.45) is 0 Å². The van der Waals surface area contributed by atoms with Crippen molar-refractivity contribution in [3.63, 3.8) is 0 Å². The van der Waals surface area contributed by atoms with Crippen LogP contribution in [0.3, 0.4) is 0 Å². The first-order valence-electron chi connectivity index (χ1n) is 9.21. The quantitative estimate of drug-likeness (QED) is 0.461. The number of aldehydes is 1. The summed E-state index contributed by atoms with van der Waals surface area (Å²) in [5, 5.41) is 0. The van der Waals surface area contributed by atoms with Gasteiger partial charge in [-0.3, -0.25) is 0 Å². The van der Waals surface area contributed by atoms with E-state index in [4.69, 9.17) is 4.74 Å². The fourth-order valence-electron chi connectivity index (χ4n) is 3.40. The molecule has 1 aliphatic heterocycles. The minimum Gasteiger partial charge on any atom is -0.447 e. The molecule has 1 amide bonds. The highest BCUT2D eigenvalue weighted by molar-refractivity contribution is 5.72. The summed E-state index contributed by atoms with van der Waals surface area (Å²) in [4.78, 5) is 24.9. The molecule has 1 fully saturated rings. The van der Waals surface area contributed by atoms with Gasteiger partial charge in [-0.05, 0) is 35.7 Å². The van der Waals surface area contributed by atoms with Crippen LogP contribution in [0.5, 0.6) is 0 Å². The lowest BCUT2D eigenvalue weighted by atomic mass is 9.94. The zero-order chi connectivity index (χ0) is 22.8. The molecule has 1 saturated heterocycles. The molecular formula is C21H17F6NO3. The van der Waals surface area contributed by atoms with Crippen molar-refractivity contribution < 1.29 is 40.7 Å². The lowest BCUT2D eigenvalue weighted by Crippen LogP contribution is -2.38. The number of hydrogen-bond donors (Lipinski definition) is 0. The fourth-order valence-corrected chi connectivity index (χ4v) is 3.40. The summed E-state index contributed by atoms with van der Waals surface area (Å²) in [5.74, 6) is -1.40. The highest BCUT2D eigenvalue weighted by Crippen LogP contribution is 2.38. The van der Waals surface area contributed by atoms with E-state index < -0.39 is 53.6 Å². The first-order chi connectivity index (χ1) is 14.5. The molecule has 1 aliphatic rings. The molecule has 2 aromatic rings. The molecule has 0 aliphatic carbocycles. The maximum Gasteiger partial charge on any atom is 0.416 e. The number of carbonyl (C=O) groups is 2. The minimum atomic E-state index is -5.04. The number of rotatable bonds is 6. The Kier molecular flexibility index (Phi) is 6.28. The van der Waals surface area contributed by atoms with Crippen LogP contribution in [0.2, 0.25) is 0 Å². The molecule has 0 spiro atoms. The van der Waals surface area contributed by atoms with Crippen molar-refractivity contribution in [1.82, 2.24) is 4.90 Å². The smallest absolute Gasteiger partial charge is 0.416 e. The van der Waals surface area contributed by atoms with Gasteiger partial charge in [0.1, 0.15) is 12.9 Å². The zero-order valence-electron chi connectivity index (χ0n) is 15.9. The predicted octanol–water partition coefficient (Wildman–Crippen LogP) is 5.07. The number of cyclic esters (lactones) is 1. The van der Waals surface area contributed by atoms with Crippen LogP contribution in [0.1, 0.15) is 28.2 Å². The minimum absolute atomic E-state index is 0.00427. The summed E-state index contributed by atoms with van der Waals surface area (Å²) >= 11 is 0. The van der Waals surface area contributed by atoms with Crippen molar-refractivity contribution >= 4 is 12.4 Å². The molecule has 0 radical (unpaired) electrons. The normalized spacial score (nSPS) is 18.1. The Morgan fingerprint density at radius 2 is 1.58 bits per heavy atom. The third-order valence-electron chi connectivity index (χ3n) is 4.98. The van der Waals surface area contributed by atoms with E-state index in [1.807, 2.05) is 0 Å². The molecule has 1 heterocycles. The number of carbonyl (C=O) groups excluding carboxylic acids is 2. The summed E-state index contributed by atoms with van der Waals surface area (Å²) in [6.45, 7) is -0.409. The SMILES string of the molecule is O=C[C@H](CN1C(=O)OC[C@H]1Cc1ccccc1)c1cc(C(F)(F)F)cc(C(F)(F)F)c1. The third-order valence-corrected chi connectivity index (χ3v) is 4.98. The summed E-state index contributed by atoms with van der Waals surface area (Å²) in [6, 6.07) is 9.47. The predicted molar refractivity (Wildman–Crippen MR) is 97.2 cm³/mol. The van der Waals surface area contributed by atoms with Gasteiger partial charge in [-0.25, -0.2) is 4.79 Å². The van der Waals surface area contributed by atoms with Gasteiger partial charge in [0, 0.05) is 6.54 Å². The van der Waals surface area contributed by atoms with Gasteiger partial charge in [0.15, 0.2) is 0 Å². The van der Waals surface area contributed by atoms with Crippen LogP contribution in [0.4, 0.5) is 31.1 Å². The van der Waals surface area contributed by atoms with Crippen LogP contribution in [-0.4, -0.2) is 36.5 Å². The summed E-state index contributed by atoms with van der Waals surface area (Å²) in [7, 11) is 0. The van der Waals surface area contributed by atoms with Crippen LogP contribution in [0.15, 0.2) is 48.5 Å². The van der Waals surface area contributed by atoms with E-state index in [1.54, 1.807) is 30.3 Å². The summed E-state index contributed by atoms with van der Waals surface area (Å²) in [5.41, 5.74) is -2.66. The van der Waals surface area contributed by atoms with Crippen LogP contribution in [0, 0.1) is 0 Å². The van der Waals surface area contributed by atoms with E-state index in [1.165, 1.54) is 4.90 Å². The monoisotopic (exact) mass is 445 g/mol. The van der Waals surface area contributed by atoms with E-state index >= 15 is 0 Å². The Morgan fingerprint density at radius 1 is 1.00 bits per heavy atom.